The summed E-state index contributed by atoms with van der Waals surface area (Å²) >= 11 is 3.38. The maximum atomic E-state index is 13.7. The van der Waals surface area contributed by atoms with Gasteiger partial charge < -0.3 is 15.4 Å². The van der Waals surface area contributed by atoms with E-state index in [9.17, 15) is 18.0 Å². The molecule has 0 aliphatic carbocycles. The van der Waals surface area contributed by atoms with Crippen LogP contribution in [0.5, 0.6) is 0 Å². The molecule has 2 amide bonds. The number of amides is 2. The number of hydrogen-bond donors (Lipinski definition) is 2. The zero-order valence-electron chi connectivity index (χ0n) is 14.9. The van der Waals surface area contributed by atoms with Gasteiger partial charge in [0.2, 0.25) is 0 Å². The molecule has 10 heteroatoms. The molecule has 3 rings (SSSR count). The van der Waals surface area contributed by atoms with Crippen molar-refractivity contribution in [3.05, 3.63) is 76.4 Å². The van der Waals surface area contributed by atoms with Crippen molar-refractivity contribution in [3.63, 3.8) is 0 Å². The Hall–Kier alpha value is -3.14. The van der Waals surface area contributed by atoms with Crippen LogP contribution in [0.1, 0.15) is 6.92 Å². The Bertz CT molecular complexity index is 1040. The minimum absolute atomic E-state index is 0.281. The van der Waals surface area contributed by atoms with Gasteiger partial charge in [-0.15, -0.1) is 5.11 Å². The monoisotopic (exact) mass is 466 g/mol. The van der Waals surface area contributed by atoms with Gasteiger partial charge in [-0.2, -0.15) is 5.11 Å². The van der Waals surface area contributed by atoms with Crippen LogP contribution in [-0.2, 0) is 4.74 Å². The van der Waals surface area contributed by atoms with Gasteiger partial charge in [0.15, 0.2) is 17.5 Å². The van der Waals surface area contributed by atoms with Crippen molar-refractivity contribution in [1.29, 1.82) is 0 Å². The van der Waals surface area contributed by atoms with Gasteiger partial charge in [0, 0.05) is 10.2 Å². The molecule has 0 spiro atoms. The molecule has 150 valence electrons. The zero-order chi connectivity index (χ0) is 21.0. The third-order valence-electron chi connectivity index (χ3n) is 3.79. The van der Waals surface area contributed by atoms with Gasteiger partial charge in [-0.25, -0.2) is 18.0 Å². The largest absolute Gasteiger partial charge is 0.492 e. The standard InChI is InChI=1S/C19H14BrF3N4O2/c1-10-18(13(20)7-8-29-10)27-26-12-4-2-3-11(9-12)24-19(28)25-15-6-5-14(21)16(22)17(15)23/h2-10H,1H3,(H2,24,25,28). The fourth-order valence-corrected chi connectivity index (χ4v) is 2.86. The minimum atomic E-state index is -1.67. The Labute approximate surface area is 172 Å². The molecule has 0 saturated heterocycles. The molecule has 0 bridgehead atoms. The number of rotatable bonds is 4. The van der Waals surface area contributed by atoms with Crippen molar-refractivity contribution in [2.45, 2.75) is 13.0 Å². The molecule has 0 aromatic heterocycles. The molecule has 1 aliphatic heterocycles. The van der Waals surface area contributed by atoms with E-state index in [-0.39, 0.29) is 6.10 Å². The first-order valence-corrected chi connectivity index (χ1v) is 9.09. The number of nitrogens with zero attached hydrogens (tertiary/aromatic N) is 2. The van der Waals surface area contributed by atoms with Crippen molar-refractivity contribution in [3.8, 4) is 0 Å². The van der Waals surface area contributed by atoms with Crippen LogP contribution in [0.25, 0.3) is 0 Å². The highest BCUT2D eigenvalue weighted by atomic mass is 79.9. The van der Waals surface area contributed by atoms with Gasteiger partial charge in [0.05, 0.1) is 17.6 Å². The second-order valence-corrected chi connectivity index (χ2v) is 6.72. The number of azo groups is 1. The average molecular weight is 467 g/mol. The number of ether oxygens (including phenoxy) is 1. The first kappa shape index (κ1) is 20.6. The number of carbonyl (C=O) groups excluding carboxylic acids is 1. The lowest BCUT2D eigenvalue weighted by atomic mass is 10.2. The normalized spacial score (nSPS) is 16.1. The lowest BCUT2D eigenvalue weighted by molar-refractivity contribution is 0.186. The number of nitrogens with one attached hydrogen (secondary N) is 2. The second kappa shape index (κ2) is 8.91. The average Bonchev–Trinajstić information content (AvgIpc) is 2.68. The smallest absolute Gasteiger partial charge is 0.323 e. The number of urea groups is 1. The first-order valence-electron chi connectivity index (χ1n) is 8.30. The van der Waals surface area contributed by atoms with Crippen molar-refractivity contribution < 1.29 is 22.7 Å². The molecule has 1 atom stereocenters. The molecule has 29 heavy (non-hydrogen) atoms. The van der Waals surface area contributed by atoms with E-state index in [1.54, 1.807) is 30.5 Å². The summed E-state index contributed by atoms with van der Waals surface area (Å²) in [6, 6.07) is 7.20. The minimum Gasteiger partial charge on any atom is -0.492 e. The summed E-state index contributed by atoms with van der Waals surface area (Å²) in [4.78, 5) is 12.0. The SMILES string of the molecule is CC1OC=CC(Br)=C1N=Nc1cccc(NC(=O)Nc2ccc(F)c(F)c2F)c1. The van der Waals surface area contributed by atoms with Gasteiger partial charge in [-0.1, -0.05) is 6.07 Å². The summed E-state index contributed by atoms with van der Waals surface area (Å²) < 4.78 is 45.9. The van der Waals surface area contributed by atoms with Crippen molar-refractivity contribution in [2.24, 2.45) is 10.2 Å². The lowest BCUT2D eigenvalue weighted by Crippen LogP contribution is -2.20. The lowest BCUT2D eigenvalue weighted by Gasteiger charge is -2.16. The predicted octanol–water partition coefficient (Wildman–Crippen LogP) is 6.37. The molecule has 0 saturated carbocycles. The number of benzene rings is 2. The fraction of sp³-hybridized carbons (Fsp3) is 0.105. The molecule has 0 fully saturated rings. The number of halogens is 4. The van der Waals surface area contributed by atoms with Crippen LogP contribution in [0.3, 0.4) is 0 Å². The third-order valence-corrected chi connectivity index (χ3v) is 4.46. The number of carbonyl (C=O) groups is 1. The van der Waals surface area contributed by atoms with Gasteiger partial charge in [-0.3, -0.25) is 0 Å². The summed E-state index contributed by atoms with van der Waals surface area (Å²) in [6.07, 6.45) is 2.97. The Morgan fingerprint density at radius 2 is 1.90 bits per heavy atom. The second-order valence-electron chi connectivity index (χ2n) is 5.87. The molecule has 2 aromatic carbocycles. The Balaban J connectivity index is 1.70. The quantitative estimate of drug-likeness (QED) is 0.405. The highest BCUT2D eigenvalue weighted by Crippen LogP contribution is 2.27. The molecule has 0 radical (unpaired) electrons. The van der Waals surface area contributed by atoms with Crippen molar-refractivity contribution in [2.75, 3.05) is 10.6 Å². The molecular formula is C19H14BrF3N4O2. The molecule has 2 aromatic rings. The van der Waals surface area contributed by atoms with Gasteiger partial charge in [0.25, 0.3) is 0 Å². The van der Waals surface area contributed by atoms with E-state index in [1.807, 2.05) is 6.92 Å². The summed E-state index contributed by atoms with van der Waals surface area (Å²) in [6.45, 7) is 1.82. The van der Waals surface area contributed by atoms with Crippen LogP contribution < -0.4 is 10.6 Å². The summed E-state index contributed by atoms with van der Waals surface area (Å²) in [5.41, 5.74) is 0.880. The highest BCUT2D eigenvalue weighted by molar-refractivity contribution is 9.11. The first-order chi connectivity index (χ1) is 13.8. The Morgan fingerprint density at radius 3 is 2.66 bits per heavy atom. The van der Waals surface area contributed by atoms with Crippen LogP contribution >= 0.6 is 15.9 Å². The highest BCUT2D eigenvalue weighted by Gasteiger charge is 2.16. The summed E-state index contributed by atoms with van der Waals surface area (Å²) in [7, 11) is 0. The van der Waals surface area contributed by atoms with E-state index >= 15 is 0 Å². The molecule has 2 N–H and O–H groups in total. The van der Waals surface area contributed by atoms with Crippen LogP contribution in [0.4, 0.5) is 35.0 Å². The van der Waals surface area contributed by atoms with Crippen LogP contribution in [-0.4, -0.2) is 12.1 Å². The molecule has 1 aliphatic rings. The van der Waals surface area contributed by atoms with Gasteiger partial charge in [-0.05, 0) is 59.3 Å². The van der Waals surface area contributed by atoms with Gasteiger partial charge in [0.1, 0.15) is 11.8 Å². The molecule has 6 nitrogen and oxygen atoms in total. The maximum absolute atomic E-state index is 13.7. The van der Waals surface area contributed by atoms with E-state index in [0.29, 0.717) is 23.1 Å². The maximum Gasteiger partial charge on any atom is 0.323 e. The van der Waals surface area contributed by atoms with E-state index < -0.39 is 29.2 Å². The molecule has 1 unspecified atom stereocenters. The Morgan fingerprint density at radius 1 is 1.10 bits per heavy atom. The number of anilines is 2. The Kier molecular flexibility index (Phi) is 6.32. The molecular weight excluding hydrogens is 453 g/mol. The van der Waals surface area contributed by atoms with Gasteiger partial charge >= 0.3 is 6.03 Å². The number of hydrogen-bond acceptors (Lipinski definition) is 4. The molecule has 1 heterocycles. The van der Waals surface area contributed by atoms with Crippen molar-refractivity contribution >= 4 is 39.0 Å². The van der Waals surface area contributed by atoms with E-state index in [1.165, 1.54) is 6.07 Å². The van der Waals surface area contributed by atoms with Crippen molar-refractivity contribution in [1.82, 2.24) is 0 Å². The summed E-state index contributed by atoms with van der Waals surface area (Å²) in [5, 5.41) is 12.9. The topological polar surface area (TPSA) is 75.1 Å². The van der Waals surface area contributed by atoms with E-state index in [2.05, 4.69) is 36.8 Å². The van der Waals surface area contributed by atoms with Crippen LogP contribution in [0, 0.1) is 17.5 Å². The third kappa shape index (κ3) is 5.02. The zero-order valence-corrected chi connectivity index (χ0v) is 16.5. The van der Waals surface area contributed by atoms with Crippen LogP contribution in [0.2, 0.25) is 0 Å². The summed E-state index contributed by atoms with van der Waals surface area (Å²) in [5.74, 6) is -4.50. The van der Waals surface area contributed by atoms with Crippen LogP contribution in [0.15, 0.2) is 69.1 Å². The predicted molar refractivity (Wildman–Crippen MR) is 106 cm³/mol. The number of allylic oxidation sites excluding steroid dienone is 2. The fourth-order valence-electron chi connectivity index (χ4n) is 2.35. The van der Waals surface area contributed by atoms with E-state index in [4.69, 9.17) is 4.74 Å². The van der Waals surface area contributed by atoms with E-state index in [0.717, 1.165) is 10.5 Å².